The molecule has 3 aromatic carbocycles. The van der Waals surface area contributed by atoms with Gasteiger partial charge in [0.1, 0.15) is 39.9 Å². The number of benzene rings is 3. The summed E-state index contributed by atoms with van der Waals surface area (Å²) in [7, 11) is 6.64. The average Bonchev–Trinajstić information content (AvgIpc) is 3.53. The lowest BCUT2D eigenvalue weighted by molar-refractivity contribution is 0.207. The van der Waals surface area contributed by atoms with E-state index < -0.39 is 0 Å². The minimum atomic E-state index is -0.108. The van der Waals surface area contributed by atoms with Gasteiger partial charge in [-0.05, 0) is 81.8 Å². The number of anilines is 1. The third-order valence-electron chi connectivity index (χ3n) is 10.3. The van der Waals surface area contributed by atoms with Gasteiger partial charge in [-0.15, -0.1) is 10.2 Å². The van der Waals surface area contributed by atoms with Crippen molar-refractivity contribution in [1.29, 1.82) is 0 Å². The molecule has 1 aliphatic rings. The van der Waals surface area contributed by atoms with Crippen LogP contribution in [0.4, 0.5) is 5.82 Å². The Labute approximate surface area is 320 Å². The summed E-state index contributed by atoms with van der Waals surface area (Å²) in [5.41, 5.74) is 6.20. The first-order valence-corrected chi connectivity index (χ1v) is 19.1. The monoisotopic (exact) mass is 736 g/mol. The number of hydrogen-bond acceptors (Lipinski definition) is 10. The van der Waals surface area contributed by atoms with Crippen LogP contribution >= 0.6 is 0 Å². The molecule has 0 spiro atoms. The molecule has 11 heteroatoms. The number of nitrogens with zero attached hydrogens (tertiary/aromatic N) is 5. The minimum absolute atomic E-state index is 0.108. The highest BCUT2D eigenvalue weighted by Gasteiger charge is 2.31. The lowest BCUT2D eigenvalue weighted by atomic mass is 9.78. The maximum atomic E-state index is 6.39. The lowest BCUT2D eigenvalue weighted by Crippen LogP contribution is -2.47. The van der Waals surface area contributed by atoms with Crippen molar-refractivity contribution in [3.8, 4) is 28.9 Å². The summed E-state index contributed by atoms with van der Waals surface area (Å²) >= 11 is 0. The maximum absolute atomic E-state index is 6.39. The van der Waals surface area contributed by atoms with E-state index in [-0.39, 0.29) is 11.6 Å². The number of imidazole rings is 1. The zero-order valence-corrected chi connectivity index (χ0v) is 33.2. The molecule has 0 aliphatic heterocycles. The molecule has 2 heterocycles. The number of hydrogen-bond donors (Lipinski definition) is 1. The molecule has 288 valence electrons. The van der Waals surface area contributed by atoms with Crippen LogP contribution in [0, 0.1) is 0 Å². The van der Waals surface area contributed by atoms with E-state index in [9.17, 15) is 0 Å². The molecule has 6 rings (SSSR count). The van der Waals surface area contributed by atoms with Crippen LogP contribution < -0.4 is 33.9 Å². The van der Waals surface area contributed by atoms with E-state index in [1.165, 1.54) is 30.4 Å². The highest BCUT2D eigenvalue weighted by Crippen LogP contribution is 2.37. The van der Waals surface area contributed by atoms with Crippen molar-refractivity contribution in [1.82, 2.24) is 25.1 Å². The smallest absolute Gasteiger partial charge is 0.260 e. The van der Waals surface area contributed by atoms with Gasteiger partial charge in [-0.25, -0.2) is 4.98 Å². The van der Waals surface area contributed by atoms with Gasteiger partial charge in [0.2, 0.25) is 0 Å². The predicted octanol–water partition coefficient (Wildman–Crippen LogP) is 8.28. The fraction of sp³-hybridized carbons (Fsp3) is 0.465. The van der Waals surface area contributed by atoms with Crippen LogP contribution in [-0.2, 0) is 32.6 Å². The molecule has 0 unspecified atom stereocenters. The lowest BCUT2D eigenvalue weighted by Gasteiger charge is -2.39. The van der Waals surface area contributed by atoms with Gasteiger partial charge in [0.25, 0.3) is 5.88 Å². The van der Waals surface area contributed by atoms with Gasteiger partial charge in [-0.3, -0.25) is 0 Å². The summed E-state index contributed by atoms with van der Waals surface area (Å²) < 4.78 is 31.4. The average molecular weight is 737 g/mol. The van der Waals surface area contributed by atoms with Gasteiger partial charge in [0.05, 0.1) is 34.5 Å². The number of nitrogens with one attached hydrogen (secondary N) is 1. The Balaban J connectivity index is 1.46. The molecule has 5 aromatic rings. The predicted molar refractivity (Wildman–Crippen MR) is 213 cm³/mol. The summed E-state index contributed by atoms with van der Waals surface area (Å²) in [6.45, 7) is 10.9. The molecule has 0 amide bonds. The zero-order chi connectivity index (χ0) is 38.2. The van der Waals surface area contributed by atoms with Crippen molar-refractivity contribution in [2.45, 2.75) is 104 Å². The van der Waals surface area contributed by atoms with E-state index in [2.05, 4.69) is 52.9 Å². The number of fused-ring (bicyclic) bond motifs is 1. The second-order valence-corrected chi connectivity index (χ2v) is 14.7. The van der Waals surface area contributed by atoms with Crippen LogP contribution in [0.5, 0.6) is 28.9 Å². The van der Waals surface area contributed by atoms with E-state index in [1.807, 2.05) is 50.2 Å². The molecule has 1 aliphatic carbocycles. The second kappa shape index (κ2) is 17.4. The van der Waals surface area contributed by atoms with Gasteiger partial charge in [0.15, 0.2) is 5.82 Å². The Kier molecular flexibility index (Phi) is 12.5. The Morgan fingerprint density at radius 2 is 1.43 bits per heavy atom. The van der Waals surface area contributed by atoms with Crippen LogP contribution in [-0.4, -0.2) is 59.8 Å². The van der Waals surface area contributed by atoms with Crippen molar-refractivity contribution in [2.24, 2.45) is 0 Å². The van der Waals surface area contributed by atoms with Gasteiger partial charge >= 0.3 is 0 Å². The maximum Gasteiger partial charge on any atom is 0.260 e. The van der Waals surface area contributed by atoms with Crippen molar-refractivity contribution >= 4 is 16.9 Å². The summed E-state index contributed by atoms with van der Waals surface area (Å²) in [6, 6.07) is 20.6. The molecule has 1 fully saturated rings. The first-order chi connectivity index (χ1) is 26.2. The van der Waals surface area contributed by atoms with Gasteiger partial charge < -0.3 is 38.5 Å². The van der Waals surface area contributed by atoms with E-state index >= 15 is 0 Å². The summed E-state index contributed by atoms with van der Waals surface area (Å²) in [4.78, 5) is 7.55. The topological polar surface area (TPSA) is 105 Å². The van der Waals surface area contributed by atoms with Crippen LogP contribution in [0.25, 0.3) is 11.0 Å². The number of ether oxygens (including phenoxy) is 5. The third kappa shape index (κ3) is 8.84. The van der Waals surface area contributed by atoms with Crippen LogP contribution in [0.1, 0.15) is 87.9 Å². The van der Waals surface area contributed by atoms with E-state index in [1.54, 1.807) is 28.4 Å². The largest absolute Gasteiger partial charge is 0.497 e. The quantitative estimate of drug-likeness (QED) is 0.0891. The number of rotatable bonds is 19. The van der Waals surface area contributed by atoms with Gasteiger partial charge in [0, 0.05) is 61.4 Å². The van der Waals surface area contributed by atoms with Crippen molar-refractivity contribution in [2.75, 3.05) is 33.3 Å². The first-order valence-electron chi connectivity index (χ1n) is 19.1. The Bertz CT molecular complexity index is 1950. The normalized spacial score (nSPS) is 13.5. The summed E-state index contributed by atoms with van der Waals surface area (Å²) in [5, 5.41) is 13.4. The minimum Gasteiger partial charge on any atom is -0.497 e. The standard InChI is InChI=1S/C43H56N6O5/c1-9-10-12-38-45-39-40(49(38)26-31-15-13-30(14-16-31)25-44-43(4)21-11-22-43)42(54-29(2)3)47-46-41(39)48(27-32-17-19-34(50-5)23-36(32)52-7)28-33-18-20-35(51-6)24-37(33)53-8/h13-20,23-24,29,44H,9-12,21-22,25-28H2,1-8H3. The summed E-state index contributed by atoms with van der Waals surface area (Å²) in [5.74, 6) is 4.93. The first kappa shape index (κ1) is 38.7. The van der Waals surface area contributed by atoms with E-state index in [4.69, 9.17) is 38.9 Å². The molecule has 1 N–H and O–H groups in total. The van der Waals surface area contributed by atoms with Crippen molar-refractivity contribution < 1.29 is 23.7 Å². The molecule has 1 saturated carbocycles. The molecule has 2 aromatic heterocycles. The van der Waals surface area contributed by atoms with E-state index in [0.29, 0.717) is 54.3 Å². The van der Waals surface area contributed by atoms with Crippen LogP contribution in [0.3, 0.4) is 0 Å². The van der Waals surface area contributed by atoms with Crippen molar-refractivity contribution in [3.05, 3.63) is 88.7 Å². The molecule has 0 saturated heterocycles. The Morgan fingerprint density at radius 1 is 0.815 bits per heavy atom. The van der Waals surface area contributed by atoms with E-state index in [0.717, 1.165) is 53.8 Å². The second-order valence-electron chi connectivity index (χ2n) is 14.7. The molecule has 11 nitrogen and oxygen atoms in total. The van der Waals surface area contributed by atoms with Crippen LogP contribution in [0.2, 0.25) is 0 Å². The molecule has 0 bridgehead atoms. The molecule has 0 radical (unpaired) electrons. The number of methoxy groups -OCH3 is 4. The van der Waals surface area contributed by atoms with Gasteiger partial charge in [-0.1, -0.05) is 37.6 Å². The van der Waals surface area contributed by atoms with Crippen LogP contribution in [0.15, 0.2) is 60.7 Å². The highest BCUT2D eigenvalue weighted by molar-refractivity contribution is 5.90. The number of aryl methyl sites for hydroxylation is 1. The molecule has 54 heavy (non-hydrogen) atoms. The number of unbranched alkanes of at least 4 members (excludes halogenated alkanes) is 1. The Morgan fingerprint density at radius 3 is 1.94 bits per heavy atom. The molecule has 0 atom stereocenters. The van der Waals surface area contributed by atoms with Gasteiger partial charge in [-0.2, -0.15) is 0 Å². The molecular formula is C43H56N6O5. The third-order valence-corrected chi connectivity index (χ3v) is 10.3. The SMILES string of the molecule is CCCCc1nc2c(N(Cc3ccc(OC)cc3OC)Cc3ccc(OC)cc3OC)nnc(OC(C)C)c2n1Cc1ccc(CNC2(C)CCC2)cc1. The highest BCUT2D eigenvalue weighted by atomic mass is 16.5. The fourth-order valence-corrected chi connectivity index (χ4v) is 7.00. The van der Waals surface area contributed by atoms with Crippen molar-refractivity contribution in [3.63, 3.8) is 0 Å². The Hall–Kier alpha value is -5.03. The fourth-order valence-electron chi connectivity index (χ4n) is 7.00. The molecular weight excluding hydrogens is 681 g/mol. The zero-order valence-electron chi connectivity index (χ0n) is 33.2. The number of aromatic nitrogens is 4. The summed E-state index contributed by atoms with van der Waals surface area (Å²) in [6.07, 6.45) is 6.53.